The number of rotatable bonds is 4. The molecule has 1 saturated heterocycles. The molecule has 1 fully saturated rings. The summed E-state index contributed by atoms with van der Waals surface area (Å²) < 4.78 is 0. The highest BCUT2D eigenvalue weighted by Gasteiger charge is 2.64. The molecule has 3 aromatic carbocycles. The molecule has 0 bridgehead atoms. The molecular formula is C25H20ClN3O4. The van der Waals surface area contributed by atoms with E-state index in [1.807, 2.05) is 11.0 Å². The summed E-state index contributed by atoms with van der Waals surface area (Å²) in [6, 6.07) is 20.3. The van der Waals surface area contributed by atoms with Crippen LogP contribution in [0.3, 0.4) is 0 Å². The maximum Gasteiger partial charge on any atom is 0.269 e. The molecule has 1 N–H and O–H groups in total. The lowest BCUT2D eigenvalue weighted by Crippen LogP contribution is -2.51. The molecule has 0 radical (unpaired) electrons. The van der Waals surface area contributed by atoms with E-state index in [2.05, 4.69) is 5.32 Å². The molecule has 0 saturated carbocycles. The van der Waals surface area contributed by atoms with Gasteiger partial charge in [0.1, 0.15) is 5.54 Å². The molecule has 5 rings (SSSR count). The van der Waals surface area contributed by atoms with E-state index >= 15 is 0 Å². The summed E-state index contributed by atoms with van der Waals surface area (Å²) in [7, 11) is 1.80. The van der Waals surface area contributed by atoms with E-state index in [0.29, 0.717) is 33.9 Å². The van der Waals surface area contributed by atoms with Crippen molar-refractivity contribution in [1.82, 2.24) is 4.90 Å². The number of ketones is 1. The van der Waals surface area contributed by atoms with E-state index < -0.39 is 22.3 Å². The van der Waals surface area contributed by atoms with Crippen LogP contribution >= 0.6 is 11.6 Å². The zero-order valence-electron chi connectivity index (χ0n) is 17.7. The minimum absolute atomic E-state index is 0.0543. The Balaban J connectivity index is 1.74. The minimum atomic E-state index is -1.29. The lowest BCUT2D eigenvalue weighted by atomic mass is 9.70. The number of non-ortho nitro benzene ring substituents is 1. The number of nitro groups is 1. The summed E-state index contributed by atoms with van der Waals surface area (Å²) >= 11 is 6.32. The Hall–Kier alpha value is -3.55. The molecule has 3 aromatic rings. The number of benzene rings is 3. The van der Waals surface area contributed by atoms with Gasteiger partial charge < -0.3 is 5.32 Å². The first kappa shape index (κ1) is 21.3. The Bertz CT molecular complexity index is 1300. The number of hydrogen-bond donors (Lipinski definition) is 1. The number of Topliss-reactive ketones (excluding diaryl/α,β-unsaturated/α-hetero) is 1. The van der Waals surface area contributed by atoms with Crippen LogP contribution in [-0.4, -0.2) is 35.1 Å². The second kappa shape index (κ2) is 7.79. The monoisotopic (exact) mass is 461 g/mol. The van der Waals surface area contributed by atoms with E-state index in [1.165, 1.54) is 12.1 Å². The fraction of sp³-hybridized carbons (Fsp3) is 0.200. The molecule has 166 valence electrons. The highest BCUT2D eigenvalue weighted by molar-refractivity contribution is 6.31. The standard InChI is InChI=1S/C25H20ClN3O4/c1-28-14-19(16-8-5-9-18(12-16)29(32)33)22(23(30)15-6-3-2-4-7-15)25(28)20-13-17(26)10-11-21(20)27-24(25)31/h2-13,19,22H,14H2,1H3,(H,27,31)/t19-,22+,25+/m0/s1. The van der Waals surface area contributed by atoms with Crippen LogP contribution in [0.25, 0.3) is 0 Å². The third-order valence-corrected chi connectivity index (χ3v) is 7.00. The van der Waals surface area contributed by atoms with Crippen molar-refractivity contribution in [2.24, 2.45) is 5.92 Å². The number of nitro benzene ring substituents is 1. The first-order chi connectivity index (χ1) is 15.8. The van der Waals surface area contributed by atoms with Gasteiger partial charge in [0.2, 0.25) is 5.91 Å². The molecule has 1 amide bonds. The zero-order chi connectivity index (χ0) is 23.3. The summed E-state index contributed by atoms with van der Waals surface area (Å²) in [5, 5.41) is 14.8. The Labute approximate surface area is 195 Å². The molecule has 8 heteroatoms. The van der Waals surface area contributed by atoms with E-state index in [0.717, 1.165) is 0 Å². The van der Waals surface area contributed by atoms with Crippen LogP contribution in [0.15, 0.2) is 72.8 Å². The zero-order valence-corrected chi connectivity index (χ0v) is 18.5. The van der Waals surface area contributed by atoms with Crippen molar-refractivity contribution in [3.8, 4) is 0 Å². The fourth-order valence-corrected chi connectivity index (χ4v) is 5.53. The SMILES string of the molecule is CN1C[C@@H](c2cccc([N+](=O)[O-])c2)[C@H](C(=O)c2ccccc2)[C@]12C(=O)Nc1ccc(Cl)cc12. The van der Waals surface area contributed by atoms with Gasteiger partial charge in [0.05, 0.1) is 10.8 Å². The normalized spacial score (nSPS) is 24.0. The van der Waals surface area contributed by atoms with Crippen molar-refractivity contribution in [3.05, 3.63) is 105 Å². The van der Waals surface area contributed by atoms with Gasteiger partial charge in [-0.2, -0.15) is 0 Å². The van der Waals surface area contributed by atoms with Crippen LogP contribution in [0, 0.1) is 16.0 Å². The predicted octanol–water partition coefficient (Wildman–Crippen LogP) is 4.62. The van der Waals surface area contributed by atoms with Gasteiger partial charge in [0.25, 0.3) is 5.69 Å². The summed E-state index contributed by atoms with van der Waals surface area (Å²) in [6.45, 7) is 0.365. The maximum absolute atomic E-state index is 14.0. The first-order valence-corrected chi connectivity index (χ1v) is 10.9. The fourth-order valence-electron chi connectivity index (χ4n) is 5.36. The average molecular weight is 462 g/mol. The van der Waals surface area contributed by atoms with E-state index in [9.17, 15) is 19.7 Å². The number of halogens is 1. The number of carbonyl (C=O) groups excluding carboxylic acids is 2. The van der Waals surface area contributed by atoms with Gasteiger partial charge in [0, 0.05) is 46.4 Å². The number of anilines is 1. The first-order valence-electron chi connectivity index (χ1n) is 10.5. The van der Waals surface area contributed by atoms with Crippen LogP contribution < -0.4 is 5.32 Å². The van der Waals surface area contributed by atoms with Gasteiger partial charge in [-0.15, -0.1) is 0 Å². The number of amides is 1. The summed E-state index contributed by atoms with van der Waals surface area (Å²) in [4.78, 5) is 40.5. The average Bonchev–Trinajstić information content (AvgIpc) is 3.29. The van der Waals surface area contributed by atoms with Gasteiger partial charge in [-0.05, 0) is 30.8 Å². The molecule has 0 aromatic heterocycles. The molecule has 1 spiro atoms. The van der Waals surface area contributed by atoms with Crippen LogP contribution in [0.4, 0.5) is 11.4 Å². The highest BCUT2D eigenvalue weighted by atomic mass is 35.5. The summed E-state index contributed by atoms with van der Waals surface area (Å²) in [6.07, 6.45) is 0. The highest BCUT2D eigenvalue weighted by Crippen LogP contribution is 2.56. The number of likely N-dealkylation sites (N-methyl/N-ethyl adjacent to an activating group) is 1. The molecule has 7 nitrogen and oxygen atoms in total. The molecular weight excluding hydrogens is 442 g/mol. The third kappa shape index (κ3) is 3.15. The number of hydrogen-bond acceptors (Lipinski definition) is 5. The van der Waals surface area contributed by atoms with Crippen molar-refractivity contribution in [1.29, 1.82) is 0 Å². The Kier molecular flexibility index (Phi) is 5.03. The van der Waals surface area contributed by atoms with Crippen molar-refractivity contribution in [2.45, 2.75) is 11.5 Å². The van der Waals surface area contributed by atoms with Crippen LogP contribution in [0.2, 0.25) is 5.02 Å². The Morgan fingerprint density at radius 3 is 2.61 bits per heavy atom. The molecule has 3 atom stereocenters. The number of fused-ring (bicyclic) bond motifs is 2. The topological polar surface area (TPSA) is 92.5 Å². The van der Waals surface area contributed by atoms with Gasteiger partial charge in [-0.25, -0.2) is 0 Å². The molecule has 2 aliphatic rings. The smallest absolute Gasteiger partial charge is 0.269 e. The Morgan fingerprint density at radius 1 is 1.12 bits per heavy atom. The van der Waals surface area contributed by atoms with E-state index in [4.69, 9.17) is 11.6 Å². The minimum Gasteiger partial charge on any atom is -0.324 e. The Morgan fingerprint density at radius 2 is 1.88 bits per heavy atom. The molecule has 2 heterocycles. The van der Waals surface area contributed by atoms with Crippen LogP contribution in [-0.2, 0) is 10.3 Å². The lowest BCUT2D eigenvalue weighted by molar-refractivity contribution is -0.384. The van der Waals surface area contributed by atoms with Crippen molar-refractivity contribution in [2.75, 3.05) is 18.9 Å². The maximum atomic E-state index is 14.0. The summed E-state index contributed by atoms with van der Waals surface area (Å²) in [5.74, 6) is -1.76. The second-order valence-electron chi connectivity index (χ2n) is 8.46. The van der Waals surface area contributed by atoms with Crippen LogP contribution in [0.5, 0.6) is 0 Å². The largest absolute Gasteiger partial charge is 0.324 e. The second-order valence-corrected chi connectivity index (χ2v) is 8.89. The molecule has 33 heavy (non-hydrogen) atoms. The quantitative estimate of drug-likeness (QED) is 0.347. The van der Waals surface area contributed by atoms with Gasteiger partial charge in [-0.1, -0.05) is 54.1 Å². The van der Waals surface area contributed by atoms with Gasteiger partial charge in [0.15, 0.2) is 5.78 Å². The number of likely N-dealkylation sites (tertiary alicyclic amines) is 1. The predicted molar refractivity (Wildman–Crippen MR) is 124 cm³/mol. The number of carbonyl (C=O) groups is 2. The molecule has 0 unspecified atom stereocenters. The van der Waals surface area contributed by atoms with Gasteiger partial charge in [-0.3, -0.25) is 24.6 Å². The molecule has 2 aliphatic heterocycles. The van der Waals surface area contributed by atoms with Crippen molar-refractivity contribution in [3.63, 3.8) is 0 Å². The number of nitrogens with zero attached hydrogens (tertiary/aromatic N) is 2. The van der Waals surface area contributed by atoms with Crippen LogP contribution in [0.1, 0.15) is 27.4 Å². The van der Waals surface area contributed by atoms with E-state index in [1.54, 1.807) is 61.6 Å². The van der Waals surface area contributed by atoms with E-state index in [-0.39, 0.29) is 17.4 Å². The van der Waals surface area contributed by atoms with Gasteiger partial charge >= 0.3 is 0 Å². The molecule has 0 aliphatic carbocycles. The number of nitrogens with one attached hydrogen (secondary N) is 1. The van der Waals surface area contributed by atoms with Crippen molar-refractivity contribution < 1.29 is 14.5 Å². The lowest BCUT2D eigenvalue weighted by Gasteiger charge is -2.35. The summed E-state index contributed by atoms with van der Waals surface area (Å²) in [5.41, 5.74) is 1.04. The van der Waals surface area contributed by atoms with Crippen molar-refractivity contribution >= 4 is 34.7 Å². The third-order valence-electron chi connectivity index (χ3n) is 6.76.